The molecule has 3 aliphatic rings. The summed E-state index contributed by atoms with van der Waals surface area (Å²) < 4.78 is 45.2. The zero-order valence-electron chi connectivity index (χ0n) is 27.8. The molecular formula is C35H45ClF3N5O4. The summed E-state index contributed by atoms with van der Waals surface area (Å²) in [6.45, 7) is 7.02. The van der Waals surface area contributed by atoms with Gasteiger partial charge in [-0.3, -0.25) is 14.6 Å². The lowest BCUT2D eigenvalue weighted by molar-refractivity contribution is -0.186. The van der Waals surface area contributed by atoms with Gasteiger partial charge in [0.25, 0.3) is 5.91 Å². The van der Waals surface area contributed by atoms with Gasteiger partial charge in [-0.1, -0.05) is 17.7 Å². The molecule has 0 radical (unpaired) electrons. The van der Waals surface area contributed by atoms with Crippen LogP contribution in [0.2, 0.25) is 5.02 Å². The van der Waals surface area contributed by atoms with Crippen molar-refractivity contribution in [3.8, 4) is 0 Å². The first-order valence-electron chi connectivity index (χ1n) is 16.7. The Bertz CT molecular complexity index is 1480. The molecule has 3 heterocycles. The summed E-state index contributed by atoms with van der Waals surface area (Å²) in [7, 11) is 1.60. The molecule has 2 saturated heterocycles. The summed E-state index contributed by atoms with van der Waals surface area (Å²) in [5.74, 6) is -2.57. The number of nitrogens with zero attached hydrogens (tertiary/aromatic N) is 2. The molecule has 262 valence electrons. The van der Waals surface area contributed by atoms with Crippen molar-refractivity contribution in [3.05, 3.63) is 63.9 Å². The van der Waals surface area contributed by atoms with Gasteiger partial charge in [0.1, 0.15) is 6.10 Å². The second-order valence-electron chi connectivity index (χ2n) is 14.3. The Hall–Kier alpha value is -3.22. The number of hydrogen-bond donors (Lipinski definition) is 3. The van der Waals surface area contributed by atoms with Gasteiger partial charge >= 0.3 is 12.3 Å². The molecule has 13 heteroatoms. The topological polar surface area (TPSA) is 113 Å². The minimum absolute atomic E-state index is 0.0771. The third-order valence-corrected chi connectivity index (χ3v) is 10.0. The van der Waals surface area contributed by atoms with Gasteiger partial charge in [-0.15, -0.1) is 0 Å². The van der Waals surface area contributed by atoms with E-state index in [1.165, 1.54) is 4.90 Å². The Morgan fingerprint density at radius 1 is 1.02 bits per heavy atom. The van der Waals surface area contributed by atoms with Crippen molar-refractivity contribution in [2.75, 3.05) is 26.7 Å². The second-order valence-corrected chi connectivity index (χ2v) is 14.7. The van der Waals surface area contributed by atoms with Crippen LogP contribution in [0.5, 0.6) is 0 Å². The number of ketones is 1. The summed E-state index contributed by atoms with van der Waals surface area (Å²) in [6, 6.07) is 8.40. The third-order valence-electron chi connectivity index (χ3n) is 9.73. The standard InChI is InChI=1S/C35H45ClF3N5O4/c1-34(2,3)43-32(46)25-16-23(24(17-27(25)36)31(45)20-12-14-42-29(15-20)28-7-5-6-13-41-28)26-18-40-19-30(26)44(4)33(47)48-22-10-8-21(9-11-22)35(37,38)39/h5-7,13,16-17,20-22,26,29-30,40,42H,8-12,14-15,18-19H2,1-4H3,(H,43,46)/t20?,21?,22?,26-,29?,30+/m0/s1. The molecule has 1 aromatic heterocycles. The van der Waals surface area contributed by atoms with Crippen molar-refractivity contribution in [1.82, 2.24) is 25.8 Å². The normalized spacial score (nSPS) is 26.5. The van der Waals surface area contributed by atoms with Crippen molar-refractivity contribution >= 4 is 29.4 Å². The summed E-state index contributed by atoms with van der Waals surface area (Å²) in [5, 5.41) is 9.88. The summed E-state index contributed by atoms with van der Waals surface area (Å²) in [5.41, 5.74) is 1.56. The fourth-order valence-corrected chi connectivity index (χ4v) is 7.38. The van der Waals surface area contributed by atoms with Crippen LogP contribution in [-0.4, -0.2) is 78.2 Å². The van der Waals surface area contributed by atoms with E-state index in [9.17, 15) is 27.6 Å². The lowest BCUT2D eigenvalue weighted by Crippen LogP contribution is -2.44. The molecule has 9 nitrogen and oxygen atoms in total. The number of pyridine rings is 1. The molecule has 4 atom stereocenters. The van der Waals surface area contributed by atoms with Crippen LogP contribution in [0.15, 0.2) is 36.5 Å². The minimum atomic E-state index is -4.25. The van der Waals surface area contributed by atoms with Crippen molar-refractivity contribution in [2.24, 2.45) is 11.8 Å². The number of nitrogens with one attached hydrogen (secondary N) is 3. The van der Waals surface area contributed by atoms with Gasteiger partial charge in [0, 0.05) is 49.3 Å². The molecule has 0 spiro atoms. The van der Waals surface area contributed by atoms with Crippen LogP contribution in [0.1, 0.15) is 103 Å². The van der Waals surface area contributed by atoms with Gasteiger partial charge in [0.2, 0.25) is 0 Å². The number of hydrogen-bond acceptors (Lipinski definition) is 7. The van der Waals surface area contributed by atoms with E-state index in [1.807, 2.05) is 39.0 Å². The van der Waals surface area contributed by atoms with E-state index in [4.69, 9.17) is 16.3 Å². The second kappa shape index (κ2) is 14.7. The molecule has 48 heavy (non-hydrogen) atoms. The number of benzene rings is 1. The largest absolute Gasteiger partial charge is 0.446 e. The number of ether oxygens (including phenoxy) is 1. The van der Waals surface area contributed by atoms with Crippen LogP contribution in [0.3, 0.4) is 0 Å². The fourth-order valence-electron chi connectivity index (χ4n) is 7.13. The Labute approximate surface area is 284 Å². The molecule has 1 saturated carbocycles. The number of aromatic nitrogens is 1. The van der Waals surface area contributed by atoms with Crippen molar-refractivity contribution in [2.45, 2.75) is 95.1 Å². The number of Topliss-reactive ketones (excluding diaryl/α,β-unsaturated/α-hetero) is 1. The first kappa shape index (κ1) is 36.1. The van der Waals surface area contributed by atoms with Gasteiger partial charge in [0.15, 0.2) is 5.78 Å². The van der Waals surface area contributed by atoms with E-state index in [0.29, 0.717) is 43.6 Å². The molecule has 1 aliphatic carbocycles. The van der Waals surface area contributed by atoms with Gasteiger partial charge in [0.05, 0.1) is 34.3 Å². The van der Waals surface area contributed by atoms with Gasteiger partial charge in [-0.25, -0.2) is 4.79 Å². The quantitative estimate of drug-likeness (QED) is 0.287. The fraction of sp³-hybridized carbons (Fsp3) is 0.600. The number of carbonyl (C=O) groups is 3. The summed E-state index contributed by atoms with van der Waals surface area (Å²) in [6.07, 6.45) is -2.47. The van der Waals surface area contributed by atoms with E-state index < -0.39 is 41.8 Å². The molecule has 2 aliphatic heterocycles. The highest BCUT2D eigenvalue weighted by Gasteiger charge is 2.43. The predicted octanol–water partition coefficient (Wildman–Crippen LogP) is 6.43. The van der Waals surface area contributed by atoms with Crippen LogP contribution in [0.4, 0.5) is 18.0 Å². The van der Waals surface area contributed by atoms with E-state index in [1.54, 1.807) is 25.4 Å². The molecule has 2 amide bonds. The van der Waals surface area contributed by atoms with Crippen molar-refractivity contribution < 1.29 is 32.3 Å². The molecule has 3 N–H and O–H groups in total. The van der Waals surface area contributed by atoms with E-state index in [0.717, 1.165) is 5.69 Å². The Morgan fingerprint density at radius 2 is 1.75 bits per heavy atom. The maximum Gasteiger partial charge on any atom is 0.410 e. The zero-order chi connectivity index (χ0) is 34.8. The van der Waals surface area contributed by atoms with Crippen LogP contribution in [0, 0.1) is 11.8 Å². The lowest BCUT2D eigenvalue weighted by atomic mass is 9.80. The Balaban J connectivity index is 1.41. The van der Waals surface area contributed by atoms with Crippen LogP contribution in [-0.2, 0) is 4.74 Å². The monoisotopic (exact) mass is 691 g/mol. The molecule has 2 aromatic rings. The average Bonchev–Trinajstić information content (AvgIpc) is 3.53. The van der Waals surface area contributed by atoms with Gasteiger partial charge in [-0.2, -0.15) is 13.2 Å². The third kappa shape index (κ3) is 8.49. The van der Waals surface area contributed by atoms with E-state index in [2.05, 4.69) is 20.9 Å². The number of halogens is 4. The minimum Gasteiger partial charge on any atom is -0.446 e. The predicted molar refractivity (Wildman–Crippen MR) is 176 cm³/mol. The van der Waals surface area contributed by atoms with Crippen molar-refractivity contribution in [1.29, 1.82) is 0 Å². The average molecular weight is 692 g/mol. The highest BCUT2D eigenvalue weighted by atomic mass is 35.5. The molecule has 1 aromatic carbocycles. The zero-order valence-corrected chi connectivity index (χ0v) is 28.6. The summed E-state index contributed by atoms with van der Waals surface area (Å²) >= 11 is 6.73. The van der Waals surface area contributed by atoms with E-state index >= 15 is 0 Å². The molecule has 3 fully saturated rings. The van der Waals surface area contributed by atoms with Gasteiger partial charge < -0.3 is 25.6 Å². The highest BCUT2D eigenvalue weighted by Crippen LogP contribution is 2.40. The van der Waals surface area contributed by atoms with Gasteiger partial charge in [-0.05, 0) is 95.7 Å². The van der Waals surface area contributed by atoms with Crippen LogP contribution >= 0.6 is 11.6 Å². The number of amides is 2. The number of rotatable bonds is 7. The Morgan fingerprint density at radius 3 is 2.40 bits per heavy atom. The lowest BCUT2D eigenvalue weighted by Gasteiger charge is -2.34. The van der Waals surface area contributed by atoms with Crippen LogP contribution < -0.4 is 16.0 Å². The van der Waals surface area contributed by atoms with E-state index in [-0.39, 0.29) is 59.9 Å². The van der Waals surface area contributed by atoms with Crippen molar-refractivity contribution in [3.63, 3.8) is 0 Å². The van der Waals surface area contributed by atoms with Crippen LogP contribution in [0.25, 0.3) is 0 Å². The smallest absolute Gasteiger partial charge is 0.410 e. The number of carbonyl (C=O) groups excluding carboxylic acids is 3. The maximum absolute atomic E-state index is 14.4. The molecular weight excluding hydrogens is 647 g/mol. The first-order valence-corrected chi connectivity index (χ1v) is 17.1. The molecule has 5 rings (SSSR count). The number of alkyl halides is 3. The maximum atomic E-state index is 14.4. The number of likely N-dealkylation sites (N-methyl/N-ethyl adjacent to an activating group) is 1. The number of piperidine rings is 1. The SMILES string of the molecule is CN(C(=O)OC1CCC(C(F)(F)F)CC1)[C@@H]1CNC[C@H]1c1cc(C(=O)NC(C)(C)C)c(Cl)cc1C(=O)C1CCNC(c2ccccn2)C1. The first-order chi connectivity index (χ1) is 22.6. The molecule has 0 bridgehead atoms. The summed E-state index contributed by atoms with van der Waals surface area (Å²) in [4.78, 5) is 47.1. The highest BCUT2D eigenvalue weighted by molar-refractivity contribution is 6.34. The Kier molecular flexibility index (Phi) is 11.1. The molecule has 2 unspecified atom stereocenters.